The van der Waals surface area contributed by atoms with Crippen LogP contribution in [0, 0.1) is 6.92 Å². The maximum Gasteiger partial charge on any atom is 0.251 e. The van der Waals surface area contributed by atoms with Gasteiger partial charge in [-0.2, -0.15) is 0 Å². The number of hydrogen-bond acceptors (Lipinski definition) is 4. The van der Waals surface area contributed by atoms with E-state index in [1.54, 1.807) is 7.11 Å². The Labute approximate surface area is 200 Å². The summed E-state index contributed by atoms with van der Waals surface area (Å²) in [5.41, 5.74) is 5.21. The smallest absolute Gasteiger partial charge is 0.251 e. The molecule has 33 heavy (non-hydrogen) atoms. The van der Waals surface area contributed by atoms with Crippen molar-refractivity contribution in [3.63, 3.8) is 0 Å². The minimum atomic E-state index is -0.0363. The van der Waals surface area contributed by atoms with Crippen LogP contribution in [0.5, 0.6) is 5.75 Å². The van der Waals surface area contributed by atoms with Crippen molar-refractivity contribution in [3.8, 4) is 5.75 Å². The van der Waals surface area contributed by atoms with Gasteiger partial charge >= 0.3 is 0 Å². The number of methoxy groups -OCH3 is 1. The Balaban J connectivity index is 1.31. The van der Waals surface area contributed by atoms with Gasteiger partial charge in [0.15, 0.2) is 0 Å². The number of carbonyl (C=O) groups excluding carboxylic acids is 1. The van der Waals surface area contributed by atoms with Crippen LogP contribution in [0.1, 0.15) is 27.0 Å². The first-order valence-corrected chi connectivity index (χ1v) is 11.6. The van der Waals surface area contributed by atoms with E-state index in [0.29, 0.717) is 17.3 Å². The Bertz CT molecular complexity index is 1110. The van der Waals surface area contributed by atoms with Crippen molar-refractivity contribution < 1.29 is 9.53 Å². The number of amides is 1. The lowest BCUT2D eigenvalue weighted by Crippen LogP contribution is -2.46. The molecule has 1 amide bonds. The van der Waals surface area contributed by atoms with Gasteiger partial charge in [-0.05, 0) is 53.9 Å². The molecule has 1 fully saturated rings. The Morgan fingerprint density at radius 3 is 2.48 bits per heavy atom. The number of hydrogen-bond donors (Lipinski definition) is 1. The van der Waals surface area contributed by atoms with Gasteiger partial charge in [0.25, 0.3) is 5.91 Å². The number of benzene rings is 3. The minimum absolute atomic E-state index is 0.0363. The molecular weight excluding hydrogens is 434 g/mol. The molecule has 0 atom stereocenters. The summed E-state index contributed by atoms with van der Waals surface area (Å²) in [6, 6.07) is 22.1. The largest absolute Gasteiger partial charge is 0.495 e. The molecule has 6 heteroatoms. The lowest BCUT2D eigenvalue weighted by molar-refractivity contribution is 0.0950. The third-order valence-electron chi connectivity index (χ3n) is 6.11. The number of nitrogens with one attached hydrogen (secondary N) is 1. The molecule has 172 valence electrons. The average molecular weight is 464 g/mol. The summed E-state index contributed by atoms with van der Waals surface area (Å²) in [7, 11) is 1.63. The van der Waals surface area contributed by atoms with E-state index in [0.717, 1.165) is 49.4 Å². The molecule has 5 nitrogen and oxygen atoms in total. The van der Waals surface area contributed by atoms with Crippen molar-refractivity contribution in [1.29, 1.82) is 0 Å². The van der Waals surface area contributed by atoms with Crippen LogP contribution in [0.2, 0.25) is 5.02 Å². The van der Waals surface area contributed by atoms with Crippen molar-refractivity contribution >= 4 is 23.2 Å². The van der Waals surface area contributed by atoms with Gasteiger partial charge in [-0.25, -0.2) is 0 Å². The van der Waals surface area contributed by atoms with E-state index in [4.69, 9.17) is 16.3 Å². The Morgan fingerprint density at radius 2 is 1.76 bits per heavy atom. The van der Waals surface area contributed by atoms with Gasteiger partial charge < -0.3 is 15.0 Å². The van der Waals surface area contributed by atoms with E-state index in [1.165, 1.54) is 11.3 Å². The van der Waals surface area contributed by atoms with Crippen LogP contribution >= 0.6 is 11.6 Å². The lowest BCUT2D eigenvalue weighted by atomic mass is 10.1. The van der Waals surface area contributed by atoms with E-state index in [-0.39, 0.29) is 5.91 Å². The van der Waals surface area contributed by atoms with Crippen molar-refractivity contribution in [1.82, 2.24) is 10.2 Å². The summed E-state index contributed by atoms with van der Waals surface area (Å²) in [6.07, 6.45) is 0. The van der Waals surface area contributed by atoms with Gasteiger partial charge in [-0.3, -0.25) is 9.69 Å². The topological polar surface area (TPSA) is 44.8 Å². The average Bonchev–Trinajstić information content (AvgIpc) is 2.84. The van der Waals surface area contributed by atoms with Crippen LogP contribution in [-0.2, 0) is 13.1 Å². The standard InChI is InChI=1S/C27H30ClN3O2/c1-20-6-3-4-9-24(20)27(32)29-18-21-7-5-8-23(16-21)31-14-12-30(13-15-31)19-22-10-11-26(33-2)25(28)17-22/h3-11,16-17H,12-15,18-19H2,1-2H3,(H,29,32). The summed E-state index contributed by atoms with van der Waals surface area (Å²) in [6.45, 7) is 7.24. The monoisotopic (exact) mass is 463 g/mol. The molecule has 0 saturated carbocycles. The minimum Gasteiger partial charge on any atom is -0.495 e. The molecule has 0 aromatic heterocycles. The molecule has 0 aliphatic carbocycles. The van der Waals surface area contributed by atoms with Gasteiger partial charge in [0, 0.05) is 50.5 Å². The Hall–Kier alpha value is -3.02. The first-order valence-electron chi connectivity index (χ1n) is 11.3. The summed E-state index contributed by atoms with van der Waals surface area (Å²) >= 11 is 6.27. The summed E-state index contributed by atoms with van der Waals surface area (Å²) in [5, 5.41) is 3.70. The second-order valence-electron chi connectivity index (χ2n) is 8.40. The highest BCUT2D eigenvalue weighted by Crippen LogP contribution is 2.26. The molecule has 4 rings (SSSR count). The first kappa shape index (κ1) is 23.1. The number of anilines is 1. The SMILES string of the molecule is COc1ccc(CN2CCN(c3cccc(CNC(=O)c4ccccc4C)c3)CC2)cc1Cl. The maximum atomic E-state index is 12.5. The number of ether oxygens (including phenoxy) is 1. The summed E-state index contributed by atoms with van der Waals surface area (Å²) in [5.74, 6) is 0.672. The van der Waals surface area contributed by atoms with Crippen LogP contribution in [0.3, 0.4) is 0 Å². The molecule has 0 spiro atoms. The molecule has 1 heterocycles. The molecule has 1 N–H and O–H groups in total. The van der Waals surface area contributed by atoms with Crippen molar-refractivity contribution in [3.05, 3.63) is 94.0 Å². The fraction of sp³-hybridized carbons (Fsp3) is 0.296. The van der Waals surface area contributed by atoms with Crippen LogP contribution in [0.25, 0.3) is 0 Å². The van der Waals surface area contributed by atoms with Gasteiger partial charge in [0.1, 0.15) is 5.75 Å². The molecule has 0 unspecified atom stereocenters. The van der Waals surface area contributed by atoms with Gasteiger partial charge in [-0.1, -0.05) is 48.0 Å². The number of carbonyl (C=O) groups is 1. The number of aryl methyl sites for hydroxylation is 1. The van der Waals surface area contributed by atoms with Crippen molar-refractivity contribution in [2.24, 2.45) is 0 Å². The van der Waals surface area contributed by atoms with Gasteiger partial charge in [0.2, 0.25) is 0 Å². The zero-order valence-corrected chi connectivity index (χ0v) is 19.9. The number of rotatable bonds is 7. The highest BCUT2D eigenvalue weighted by molar-refractivity contribution is 6.32. The maximum absolute atomic E-state index is 12.5. The van der Waals surface area contributed by atoms with Crippen LogP contribution in [0.4, 0.5) is 5.69 Å². The van der Waals surface area contributed by atoms with Crippen LogP contribution in [0.15, 0.2) is 66.7 Å². The first-order chi connectivity index (χ1) is 16.0. The van der Waals surface area contributed by atoms with E-state index in [9.17, 15) is 4.79 Å². The molecule has 0 bridgehead atoms. The summed E-state index contributed by atoms with van der Waals surface area (Å²) < 4.78 is 5.25. The lowest BCUT2D eigenvalue weighted by Gasteiger charge is -2.36. The molecule has 0 radical (unpaired) electrons. The molecule has 1 saturated heterocycles. The Kier molecular flexibility index (Phi) is 7.53. The fourth-order valence-electron chi connectivity index (χ4n) is 4.20. The fourth-order valence-corrected chi connectivity index (χ4v) is 4.48. The van der Waals surface area contributed by atoms with E-state index in [1.807, 2.05) is 43.3 Å². The molecule has 3 aromatic rings. The van der Waals surface area contributed by atoms with Gasteiger partial charge in [-0.15, -0.1) is 0 Å². The number of piperazine rings is 1. The predicted octanol–water partition coefficient (Wildman–Crippen LogP) is 4.91. The van der Waals surface area contributed by atoms with E-state index in [2.05, 4.69) is 45.4 Å². The van der Waals surface area contributed by atoms with Crippen molar-refractivity contribution in [2.75, 3.05) is 38.2 Å². The van der Waals surface area contributed by atoms with Crippen molar-refractivity contribution in [2.45, 2.75) is 20.0 Å². The highest BCUT2D eigenvalue weighted by atomic mass is 35.5. The number of nitrogens with zero attached hydrogens (tertiary/aromatic N) is 2. The normalized spacial score (nSPS) is 14.2. The third-order valence-corrected chi connectivity index (χ3v) is 6.41. The number of halogens is 1. The second kappa shape index (κ2) is 10.7. The molecular formula is C27H30ClN3O2. The van der Waals surface area contributed by atoms with Crippen LogP contribution in [-0.4, -0.2) is 44.1 Å². The molecule has 1 aliphatic rings. The molecule has 3 aromatic carbocycles. The zero-order chi connectivity index (χ0) is 23.2. The summed E-state index contributed by atoms with van der Waals surface area (Å²) in [4.78, 5) is 17.4. The van der Waals surface area contributed by atoms with E-state index < -0.39 is 0 Å². The van der Waals surface area contributed by atoms with Gasteiger partial charge in [0.05, 0.1) is 12.1 Å². The zero-order valence-electron chi connectivity index (χ0n) is 19.2. The second-order valence-corrected chi connectivity index (χ2v) is 8.81. The Morgan fingerprint density at radius 1 is 0.970 bits per heavy atom. The predicted molar refractivity (Wildman–Crippen MR) is 134 cm³/mol. The quantitative estimate of drug-likeness (QED) is 0.540. The van der Waals surface area contributed by atoms with E-state index >= 15 is 0 Å². The highest BCUT2D eigenvalue weighted by Gasteiger charge is 2.18. The van der Waals surface area contributed by atoms with Crippen LogP contribution < -0.4 is 15.0 Å². The molecule has 1 aliphatic heterocycles. The third kappa shape index (κ3) is 5.86.